The van der Waals surface area contributed by atoms with Crippen LogP contribution < -0.4 is 20.1 Å². The molecule has 2 saturated carbocycles. The lowest BCUT2D eigenvalue weighted by molar-refractivity contribution is 0.576. The summed E-state index contributed by atoms with van der Waals surface area (Å²) in [7, 11) is -6.81. The zero-order chi connectivity index (χ0) is 26.0. The van der Waals surface area contributed by atoms with Gasteiger partial charge in [0.05, 0.1) is 10.1 Å². The first-order valence-corrected chi connectivity index (χ1v) is 15.3. The number of hydrogen-bond donors (Lipinski definition) is 4. The lowest BCUT2D eigenvalue weighted by atomic mass is 10.2. The highest BCUT2D eigenvalue weighted by Gasteiger charge is 2.35. The summed E-state index contributed by atoms with van der Waals surface area (Å²) in [5.41, 5.74) is 3.03. The number of nitrogens with zero attached hydrogens (tertiary/aromatic N) is 2. The SMILES string of the molecule is Cc1cnc(Nc2cccc(S(=O)(=O)NCC3CC3)c2)nc1Nc1ccc(CNS(=O)(=O)C2CC2)cc1. The Hall–Kier alpha value is -3.06. The van der Waals surface area contributed by atoms with Crippen LogP contribution in [0.25, 0.3) is 0 Å². The topological polar surface area (TPSA) is 142 Å². The molecule has 10 nitrogen and oxygen atoms in total. The molecule has 0 spiro atoms. The van der Waals surface area contributed by atoms with Gasteiger partial charge in [0.2, 0.25) is 26.0 Å². The summed E-state index contributed by atoms with van der Waals surface area (Å²) in [4.78, 5) is 9.06. The van der Waals surface area contributed by atoms with Crippen LogP contribution in [0, 0.1) is 12.8 Å². The van der Waals surface area contributed by atoms with Gasteiger partial charge in [-0.2, -0.15) is 4.98 Å². The standard InChI is InChI=1S/C25H30N6O4S2/c1-17-14-26-25(30-21-3-2-4-23(13-21)37(34,35)28-15-18-5-6-18)31-24(17)29-20-9-7-19(8-10-20)16-27-36(32,33)22-11-12-22/h2-4,7-10,13-14,18,22,27-28H,5-6,11-12,15-16H2,1H3,(H2,26,29,30,31). The Balaban J connectivity index is 1.23. The zero-order valence-corrected chi connectivity index (χ0v) is 22.1. The van der Waals surface area contributed by atoms with Gasteiger partial charge >= 0.3 is 0 Å². The van der Waals surface area contributed by atoms with E-state index in [0.717, 1.165) is 42.5 Å². The van der Waals surface area contributed by atoms with E-state index in [4.69, 9.17) is 0 Å². The molecule has 0 amide bonds. The van der Waals surface area contributed by atoms with Crippen molar-refractivity contribution in [1.29, 1.82) is 0 Å². The minimum Gasteiger partial charge on any atom is -0.340 e. The third-order valence-electron chi connectivity index (χ3n) is 6.29. The molecule has 0 saturated heterocycles. The number of aryl methyl sites for hydroxylation is 1. The van der Waals surface area contributed by atoms with E-state index in [2.05, 4.69) is 30.0 Å². The molecule has 4 N–H and O–H groups in total. The van der Waals surface area contributed by atoms with Crippen LogP contribution in [0.1, 0.15) is 36.8 Å². The molecule has 1 heterocycles. The van der Waals surface area contributed by atoms with E-state index in [0.29, 0.717) is 29.9 Å². The number of hydrogen-bond acceptors (Lipinski definition) is 8. The molecule has 0 unspecified atom stereocenters. The Morgan fingerprint density at radius 1 is 0.892 bits per heavy atom. The summed E-state index contributed by atoms with van der Waals surface area (Å²) >= 11 is 0. The highest BCUT2D eigenvalue weighted by molar-refractivity contribution is 7.90. The molecule has 0 radical (unpaired) electrons. The second kappa shape index (κ2) is 10.4. The van der Waals surface area contributed by atoms with Crippen LogP contribution in [0.5, 0.6) is 0 Å². The van der Waals surface area contributed by atoms with Crippen molar-refractivity contribution >= 4 is 43.2 Å². The number of nitrogens with one attached hydrogen (secondary N) is 4. The van der Waals surface area contributed by atoms with Gasteiger partial charge in [-0.1, -0.05) is 18.2 Å². The quantitative estimate of drug-likeness (QED) is 0.272. The van der Waals surface area contributed by atoms with E-state index in [1.165, 1.54) is 0 Å². The minimum absolute atomic E-state index is 0.183. The summed E-state index contributed by atoms with van der Waals surface area (Å²) in [6, 6.07) is 14.0. The molecule has 37 heavy (non-hydrogen) atoms. The van der Waals surface area contributed by atoms with Crippen LogP contribution in [0.2, 0.25) is 0 Å². The first-order valence-electron chi connectivity index (χ1n) is 12.2. The molecule has 0 bridgehead atoms. The maximum absolute atomic E-state index is 12.6. The molecule has 12 heteroatoms. The fraction of sp³-hybridized carbons (Fsp3) is 0.360. The highest BCUT2D eigenvalue weighted by atomic mass is 32.2. The Bertz CT molecular complexity index is 1490. The van der Waals surface area contributed by atoms with Gasteiger partial charge in [0.1, 0.15) is 5.82 Å². The van der Waals surface area contributed by atoms with Crippen LogP contribution in [-0.2, 0) is 26.6 Å². The Labute approximate surface area is 217 Å². The molecule has 0 aliphatic heterocycles. The lowest BCUT2D eigenvalue weighted by Crippen LogP contribution is -2.26. The molecule has 196 valence electrons. The summed E-state index contributed by atoms with van der Waals surface area (Å²) in [6.45, 7) is 2.60. The van der Waals surface area contributed by atoms with Crippen LogP contribution in [0.3, 0.4) is 0 Å². The van der Waals surface area contributed by atoms with E-state index in [9.17, 15) is 16.8 Å². The van der Waals surface area contributed by atoms with E-state index in [-0.39, 0.29) is 16.7 Å². The molecule has 1 aromatic heterocycles. The molecular weight excluding hydrogens is 512 g/mol. The normalized spacial score (nSPS) is 15.9. The molecule has 2 aliphatic carbocycles. The lowest BCUT2D eigenvalue weighted by Gasteiger charge is -2.12. The van der Waals surface area contributed by atoms with Crippen molar-refractivity contribution in [3.8, 4) is 0 Å². The Kier molecular flexibility index (Phi) is 7.17. The maximum Gasteiger partial charge on any atom is 0.240 e. The van der Waals surface area contributed by atoms with Crippen molar-refractivity contribution in [2.24, 2.45) is 5.92 Å². The fourth-order valence-corrected chi connectivity index (χ4v) is 6.18. The molecule has 2 aromatic carbocycles. The van der Waals surface area contributed by atoms with Gasteiger partial charge in [-0.3, -0.25) is 0 Å². The van der Waals surface area contributed by atoms with Crippen LogP contribution in [0.4, 0.5) is 23.1 Å². The average molecular weight is 543 g/mol. The number of rotatable bonds is 12. The Morgan fingerprint density at radius 3 is 2.35 bits per heavy atom. The molecule has 0 atom stereocenters. The summed E-state index contributed by atoms with van der Waals surface area (Å²) in [5.74, 6) is 1.36. The van der Waals surface area contributed by atoms with Gasteiger partial charge < -0.3 is 10.6 Å². The second-order valence-corrected chi connectivity index (χ2v) is 13.4. The number of sulfonamides is 2. The largest absolute Gasteiger partial charge is 0.340 e. The number of benzene rings is 2. The Morgan fingerprint density at radius 2 is 1.65 bits per heavy atom. The van der Waals surface area contributed by atoms with Crippen molar-refractivity contribution in [2.75, 3.05) is 17.2 Å². The maximum atomic E-state index is 12.6. The van der Waals surface area contributed by atoms with E-state index < -0.39 is 20.0 Å². The monoisotopic (exact) mass is 542 g/mol. The van der Waals surface area contributed by atoms with Crippen molar-refractivity contribution in [3.05, 3.63) is 65.9 Å². The van der Waals surface area contributed by atoms with Crippen molar-refractivity contribution < 1.29 is 16.8 Å². The first kappa shape index (κ1) is 25.6. The van der Waals surface area contributed by atoms with Crippen LogP contribution in [0.15, 0.2) is 59.6 Å². The smallest absolute Gasteiger partial charge is 0.240 e. The average Bonchev–Trinajstić information content (AvgIpc) is 3.78. The zero-order valence-electron chi connectivity index (χ0n) is 20.4. The summed E-state index contributed by atoms with van der Waals surface area (Å²) in [5, 5.41) is 6.10. The molecule has 5 rings (SSSR count). The van der Waals surface area contributed by atoms with E-state index in [1.807, 2.05) is 31.2 Å². The summed E-state index contributed by atoms with van der Waals surface area (Å²) in [6.07, 6.45) is 5.27. The van der Waals surface area contributed by atoms with E-state index >= 15 is 0 Å². The minimum atomic E-state index is -3.58. The predicted octanol–water partition coefficient (Wildman–Crippen LogP) is 3.54. The predicted molar refractivity (Wildman–Crippen MR) is 143 cm³/mol. The van der Waals surface area contributed by atoms with Gasteiger partial charge in [0, 0.05) is 36.2 Å². The molecule has 2 aliphatic rings. The number of anilines is 4. The van der Waals surface area contributed by atoms with Gasteiger partial charge in [-0.05, 0) is 74.4 Å². The van der Waals surface area contributed by atoms with Gasteiger partial charge in [-0.25, -0.2) is 31.3 Å². The van der Waals surface area contributed by atoms with Crippen LogP contribution in [-0.4, -0.2) is 38.6 Å². The first-order chi connectivity index (χ1) is 17.7. The second-order valence-electron chi connectivity index (χ2n) is 9.56. The van der Waals surface area contributed by atoms with Gasteiger partial charge in [0.25, 0.3) is 0 Å². The fourth-order valence-electron chi connectivity index (χ4n) is 3.65. The third kappa shape index (κ3) is 6.83. The third-order valence-corrected chi connectivity index (χ3v) is 9.61. The molecule has 3 aromatic rings. The van der Waals surface area contributed by atoms with E-state index in [1.54, 1.807) is 30.5 Å². The van der Waals surface area contributed by atoms with Crippen molar-refractivity contribution in [3.63, 3.8) is 0 Å². The van der Waals surface area contributed by atoms with Gasteiger partial charge in [0.15, 0.2) is 0 Å². The van der Waals surface area contributed by atoms with Gasteiger partial charge in [-0.15, -0.1) is 0 Å². The number of aromatic nitrogens is 2. The van der Waals surface area contributed by atoms with Crippen molar-refractivity contribution in [2.45, 2.75) is 49.3 Å². The highest BCUT2D eigenvalue weighted by Crippen LogP contribution is 2.29. The molecular formula is C25H30N6O4S2. The van der Waals surface area contributed by atoms with Crippen LogP contribution >= 0.6 is 0 Å². The van der Waals surface area contributed by atoms with Crippen molar-refractivity contribution in [1.82, 2.24) is 19.4 Å². The summed E-state index contributed by atoms with van der Waals surface area (Å²) < 4.78 is 54.6. The molecule has 2 fully saturated rings.